The van der Waals surface area contributed by atoms with Crippen LogP contribution in [0.15, 0.2) is 30.9 Å². The first-order chi connectivity index (χ1) is 17.8. The van der Waals surface area contributed by atoms with E-state index < -0.39 is 11.4 Å². The number of piperazine rings is 1. The third-order valence-corrected chi connectivity index (χ3v) is 7.98. The fourth-order valence-corrected chi connectivity index (χ4v) is 5.81. The zero-order valence-electron chi connectivity index (χ0n) is 20.1. The number of amides is 2. The molecular weight excluding hydrogens is 503 g/mol. The van der Waals surface area contributed by atoms with Crippen LogP contribution in [0.1, 0.15) is 18.4 Å². The van der Waals surface area contributed by atoms with E-state index in [1.54, 1.807) is 9.80 Å². The van der Waals surface area contributed by atoms with E-state index in [-0.39, 0.29) is 53.1 Å². The summed E-state index contributed by atoms with van der Waals surface area (Å²) in [7, 11) is 0. The molecule has 3 aliphatic heterocycles. The first kappa shape index (κ1) is 24.1. The molecule has 1 aromatic carbocycles. The maximum atomic E-state index is 15.0. The fourth-order valence-electron chi connectivity index (χ4n) is 5.50. The molecule has 2 aromatic rings. The maximum Gasteiger partial charge on any atom is 0.254 e. The van der Waals surface area contributed by atoms with Crippen LogP contribution in [0.2, 0.25) is 5.02 Å². The fraction of sp³-hybridized carbons (Fsp3) is 0.423. The van der Waals surface area contributed by atoms with Gasteiger partial charge in [0.05, 0.1) is 29.3 Å². The Kier molecular flexibility index (Phi) is 5.85. The van der Waals surface area contributed by atoms with Gasteiger partial charge in [-0.1, -0.05) is 24.2 Å². The zero-order chi connectivity index (χ0) is 25.9. The van der Waals surface area contributed by atoms with Crippen molar-refractivity contribution in [1.29, 1.82) is 0 Å². The Hall–Kier alpha value is -3.21. The van der Waals surface area contributed by atoms with Crippen molar-refractivity contribution < 1.29 is 28.6 Å². The third kappa shape index (κ3) is 3.94. The highest BCUT2D eigenvalue weighted by molar-refractivity contribution is 6.35. The predicted octanol–water partition coefficient (Wildman–Crippen LogP) is 2.73. The number of fused-ring (bicyclic) bond motifs is 2. The van der Waals surface area contributed by atoms with Crippen molar-refractivity contribution in [3.63, 3.8) is 0 Å². The van der Waals surface area contributed by atoms with Crippen molar-refractivity contribution in [2.24, 2.45) is 0 Å². The molecule has 1 atom stereocenters. The molecule has 2 amide bonds. The van der Waals surface area contributed by atoms with Gasteiger partial charge in [-0.2, -0.15) is 0 Å². The van der Waals surface area contributed by atoms with Crippen molar-refractivity contribution in [2.75, 3.05) is 44.4 Å². The molecular formula is C26H26ClFN4O5. The van der Waals surface area contributed by atoms with Crippen LogP contribution < -0.4 is 9.64 Å². The number of rotatable bonds is 3. The van der Waals surface area contributed by atoms with Crippen LogP contribution in [-0.4, -0.2) is 82.7 Å². The van der Waals surface area contributed by atoms with E-state index in [1.165, 1.54) is 24.3 Å². The Morgan fingerprint density at radius 2 is 2.14 bits per heavy atom. The number of phenolic OH excluding ortho intramolecular Hbond substituents is 1. The first-order valence-electron chi connectivity index (χ1n) is 12.2. The van der Waals surface area contributed by atoms with E-state index in [2.05, 4.69) is 11.5 Å². The number of hydrogen-bond donors (Lipinski definition) is 1. The second-order valence-electron chi connectivity index (χ2n) is 9.91. The van der Waals surface area contributed by atoms with E-state index >= 15 is 0 Å². The Morgan fingerprint density at radius 1 is 1.32 bits per heavy atom. The van der Waals surface area contributed by atoms with Gasteiger partial charge in [0.15, 0.2) is 0 Å². The van der Waals surface area contributed by atoms with E-state index in [0.29, 0.717) is 49.9 Å². The summed E-state index contributed by atoms with van der Waals surface area (Å²) in [5, 5.41) is 10.6. The van der Waals surface area contributed by atoms with E-state index in [4.69, 9.17) is 26.1 Å². The molecule has 11 heteroatoms. The standard InChI is InChI=1S/C26H26ClFN4O5/c1-2-19(34)31-9-8-30-11-16-24(37-12-15(30)10-31)22(27)23(21-17(28)4-3-5-18(21)33)29-25(16)32-20(35)13-36-14-26(32)6-7-26/h2-5,15,33H,1,6-14H2/t15-/m1/s1. The monoisotopic (exact) mass is 528 g/mol. The number of phenols is 1. The van der Waals surface area contributed by atoms with Gasteiger partial charge in [-0.25, -0.2) is 9.37 Å². The number of carbonyl (C=O) groups is 2. The number of morpholine rings is 1. The number of hydrogen-bond acceptors (Lipinski definition) is 7. The van der Waals surface area contributed by atoms with Crippen molar-refractivity contribution in [3.8, 4) is 22.8 Å². The molecule has 6 rings (SSSR count). The normalized spacial score (nSPS) is 22.6. The largest absolute Gasteiger partial charge is 0.507 e. The minimum Gasteiger partial charge on any atom is -0.507 e. The highest BCUT2D eigenvalue weighted by Gasteiger charge is 2.55. The highest BCUT2D eigenvalue weighted by atomic mass is 35.5. The molecule has 1 N–H and O–H groups in total. The number of pyridine rings is 1. The number of carbonyl (C=O) groups excluding carboxylic acids is 2. The Bertz CT molecular complexity index is 1300. The van der Waals surface area contributed by atoms with Crippen molar-refractivity contribution in [2.45, 2.75) is 31.0 Å². The molecule has 4 heterocycles. The predicted molar refractivity (Wildman–Crippen MR) is 133 cm³/mol. The molecule has 1 aliphatic carbocycles. The van der Waals surface area contributed by atoms with E-state index in [0.717, 1.165) is 12.8 Å². The molecule has 1 spiro atoms. The van der Waals surface area contributed by atoms with Gasteiger partial charge in [0.2, 0.25) is 5.91 Å². The smallest absolute Gasteiger partial charge is 0.254 e. The summed E-state index contributed by atoms with van der Waals surface area (Å²) < 4.78 is 26.8. The molecule has 0 radical (unpaired) electrons. The van der Waals surface area contributed by atoms with Crippen molar-refractivity contribution in [3.05, 3.63) is 47.3 Å². The average molecular weight is 529 g/mol. The van der Waals surface area contributed by atoms with Crippen LogP contribution in [0.4, 0.5) is 10.2 Å². The minimum atomic E-state index is -0.695. The summed E-state index contributed by atoms with van der Waals surface area (Å²) in [6.45, 7) is 6.03. The van der Waals surface area contributed by atoms with Crippen molar-refractivity contribution in [1.82, 2.24) is 14.8 Å². The topological polar surface area (TPSA) is 95.4 Å². The lowest BCUT2D eigenvalue weighted by Gasteiger charge is -2.40. The molecule has 0 bridgehead atoms. The Labute approximate surface area is 218 Å². The van der Waals surface area contributed by atoms with Crippen LogP contribution >= 0.6 is 11.6 Å². The minimum absolute atomic E-state index is 0.00411. The molecule has 37 heavy (non-hydrogen) atoms. The quantitative estimate of drug-likeness (QED) is 0.612. The Morgan fingerprint density at radius 3 is 2.86 bits per heavy atom. The molecule has 4 aliphatic rings. The second kappa shape index (κ2) is 8.97. The Balaban J connectivity index is 1.50. The van der Waals surface area contributed by atoms with Crippen LogP contribution in [-0.2, 0) is 20.9 Å². The van der Waals surface area contributed by atoms with Crippen LogP contribution in [0.5, 0.6) is 11.5 Å². The van der Waals surface area contributed by atoms with Crippen molar-refractivity contribution >= 4 is 29.2 Å². The number of anilines is 1. The SMILES string of the molecule is C=CC(=O)N1CCN2Cc3c(N4C(=O)COCC45CC5)nc(-c4c(O)cccc4F)c(Cl)c3OC[C@H]2C1. The molecule has 3 fully saturated rings. The first-order valence-corrected chi connectivity index (χ1v) is 12.6. The van der Waals surface area contributed by atoms with Gasteiger partial charge in [-0.15, -0.1) is 0 Å². The van der Waals surface area contributed by atoms with Gasteiger partial charge in [-0.3, -0.25) is 19.4 Å². The molecule has 0 unspecified atom stereocenters. The summed E-state index contributed by atoms with van der Waals surface area (Å²) in [6.07, 6.45) is 2.81. The van der Waals surface area contributed by atoms with Gasteiger partial charge >= 0.3 is 0 Å². The number of ether oxygens (including phenoxy) is 2. The summed E-state index contributed by atoms with van der Waals surface area (Å²) in [5.41, 5.74) is -0.0452. The zero-order valence-corrected chi connectivity index (χ0v) is 20.8. The lowest BCUT2D eigenvalue weighted by atomic mass is 10.0. The lowest BCUT2D eigenvalue weighted by molar-refractivity contribution is -0.129. The van der Waals surface area contributed by atoms with Gasteiger partial charge in [0.25, 0.3) is 5.91 Å². The number of aromatic hydroxyl groups is 1. The molecule has 1 saturated carbocycles. The van der Waals surface area contributed by atoms with Crippen LogP contribution in [0, 0.1) is 5.82 Å². The second-order valence-corrected chi connectivity index (χ2v) is 10.3. The van der Waals surface area contributed by atoms with E-state index in [9.17, 15) is 19.1 Å². The molecule has 9 nitrogen and oxygen atoms in total. The molecule has 194 valence electrons. The lowest BCUT2D eigenvalue weighted by Crippen LogP contribution is -2.55. The number of halogens is 2. The number of nitrogens with zero attached hydrogens (tertiary/aromatic N) is 4. The van der Waals surface area contributed by atoms with Crippen LogP contribution in [0.3, 0.4) is 0 Å². The average Bonchev–Trinajstić information content (AvgIpc) is 3.67. The van der Waals surface area contributed by atoms with Gasteiger partial charge in [0, 0.05) is 26.2 Å². The van der Waals surface area contributed by atoms with Gasteiger partial charge in [-0.05, 0) is 31.1 Å². The van der Waals surface area contributed by atoms with Gasteiger partial charge in [0.1, 0.15) is 47.1 Å². The number of aromatic nitrogens is 1. The maximum absolute atomic E-state index is 15.0. The molecule has 1 aromatic heterocycles. The number of benzene rings is 1. The summed E-state index contributed by atoms with van der Waals surface area (Å²) in [5.74, 6) is -0.761. The summed E-state index contributed by atoms with van der Waals surface area (Å²) in [6, 6.07) is 3.83. The summed E-state index contributed by atoms with van der Waals surface area (Å²) in [4.78, 5) is 35.8. The third-order valence-electron chi connectivity index (χ3n) is 7.63. The van der Waals surface area contributed by atoms with E-state index in [1.807, 2.05) is 0 Å². The highest BCUT2D eigenvalue weighted by Crippen LogP contribution is 2.51. The summed E-state index contributed by atoms with van der Waals surface area (Å²) >= 11 is 6.82. The van der Waals surface area contributed by atoms with Crippen LogP contribution in [0.25, 0.3) is 11.3 Å². The molecule has 2 saturated heterocycles. The van der Waals surface area contributed by atoms with Gasteiger partial charge < -0.3 is 19.5 Å².